The van der Waals surface area contributed by atoms with Crippen LogP contribution >= 0.6 is 0 Å². The van der Waals surface area contributed by atoms with Crippen LogP contribution in [0.3, 0.4) is 0 Å². The summed E-state index contributed by atoms with van der Waals surface area (Å²) in [6.45, 7) is 5.25. The molecule has 1 aliphatic rings. The van der Waals surface area contributed by atoms with Gasteiger partial charge in [-0.2, -0.15) is 0 Å². The van der Waals surface area contributed by atoms with E-state index in [1.807, 2.05) is 18.7 Å². The average Bonchev–Trinajstić information content (AvgIpc) is 2.70. The minimum absolute atomic E-state index is 0.0421. The molecule has 0 saturated carbocycles. The van der Waals surface area contributed by atoms with Gasteiger partial charge in [0.2, 0.25) is 0 Å². The van der Waals surface area contributed by atoms with Crippen molar-refractivity contribution in [3.05, 3.63) is 35.4 Å². The van der Waals surface area contributed by atoms with Crippen molar-refractivity contribution in [2.45, 2.75) is 13.8 Å². The van der Waals surface area contributed by atoms with Crippen molar-refractivity contribution in [3.63, 3.8) is 0 Å². The van der Waals surface area contributed by atoms with Gasteiger partial charge < -0.3 is 4.84 Å². The van der Waals surface area contributed by atoms with E-state index in [2.05, 4.69) is 0 Å². The van der Waals surface area contributed by atoms with E-state index in [0.29, 0.717) is 18.2 Å². The summed E-state index contributed by atoms with van der Waals surface area (Å²) in [4.78, 5) is 42.5. The Balaban J connectivity index is 2.07. The summed E-state index contributed by atoms with van der Waals surface area (Å²) in [5.74, 6) is -1.82. The zero-order valence-electron chi connectivity index (χ0n) is 11.5. The quantitative estimate of drug-likeness (QED) is 0.753. The maximum atomic E-state index is 12.0. The van der Waals surface area contributed by atoms with Gasteiger partial charge in [0.25, 0.3) is 11.8 Å². The van der Waals surface area contributed by atoms with Gasteiger partial charge in [0.05, 0.1) is 17.7 Å². The number of hydroxylamine groups is 2. The summed E-state index contributed by atoms with van der Waals surface area (Å²) >= 11 is 0. The van der Waals surface area contributed by atoms with Gasteiger partial charge in [-0.05, 0) is 25.2 Å². The van der Waals surface area contributed by atoms with E-state index < -0.39 is 17.8 Å². The zero-order chi connectivity index (χ0) is 14.7. The lowest BCUT2D eigenvalue weighted by Crippen LogP contribution is -2.38. The molecule has 0 aliphatic carbocycles. The topological polar surface area (TPSA) is 66.9 Å². The Morgan fingerprint density at radius 2 is 1.60 bits per heavy atom. The normalized spacial score (nSPS) is 13.8. The second kappa shape index (κ2) is 5.83. The van der Waals surface area contributed by atoms with Gasteiger partial charge in [-0.3, -0.25) is 14.5 Å². The number of carbonyl (C=O) groups excluding carboxylic acids is 3. The predicted octanol–water partition coefficient (Wildman–Crippen LogP) is 1.08. The molecular weight excluding hydrogens is 260 g/mol. The molecule has 106 valence electrons. The molecule has 0 bridgehead atoms. The molecule has 6 nitrogen and oxygen atoms in total. The Kier molecular flexibility index (Phi) is 4.14. The summed E-state index contributed by atoms with van der Waals surface area (Å²) < 4.78 is 0. The molecule has 0 radical (unpaired) electrons. The number of rotatable bonds is 5. The van der Waals surface area contributed by atoms with Crippen LogP contribution in [-0.4, -0.2) is 47.4 Å². The van der Waals surface area contributed by atoms with Crippen LogP contribution in [0.25, 0.3) is 0 Å². The molecule has 20 heavy (non-hydrogen) atoms. The van der Waals surface area contributed by atoms with Crippen LogP contribution in [0.15, 0.2) is 24.3 Å². The van der Waals surface area contributed by atoms with Crippen LogP contribution in [0, 0.1) is 0 Å². The van der Waals surface area contributed by atoms with Crippen LogP contribution in [0.2, 0.25) is 0 Å². The molecule has 0 N–H and O–H groups in total. The van der Waals surface area contributed by atoms with E-state index >= 15 is 0 Å². The molecule has 0 unspecified atom stereocenters. The molecule has 1 heterocycles. The fourth-order valence-electron chi connectivity index (χ4n) is 2.01. The van der Waals surface area contributed by atoms with Crippen molar-refractivity contribution in [1.29, 1.82) is 0 Å². The summed E-state index contributed by atoms with van der Waals surface area (Å²) in [7, 11) is 0. The van der Waals surface area contributed by atoms with Crippen LogP contribution in [-0.2, 0) is 9.63 Å². The van der Waals surface area contributed by atoms with E-state index in [1.54, 1.807) is 12.1 Å². The van der Waals surface area contributed by atoms with E-state index in [-0.39, 0.29) is 17.7 Å². The largest absolute Gasteiger partial charge is 0.347 e. The molecule has 1 aromatic rings. The molecule has 0 aromatic heterocycles. The SMILES string of the molecule is CCN(CC)CC(=O)ON1C(=O)c2ccccc2C1=O. The van der Waals surface area contributed by atoms with Gasteiger partial charge in [-0.25, -0.2) is 4.79 Å². The molecule has 0 atom stereocenters. The summed E-state index contributed by atoms with van der Waals surface area (Å²) in [6.07, 6.45) is 0. The van der Waals surface area contributed by atoms with Gasteiger partial charge in [0, 0.05) is 0 Å². The van der Waals surface area contributed by atoms with Crippen LogP contribution < -0.4 is 0 Å². The summed E-state index contributed by atoms with van der Waals surface area (Å²) in [5.41, 5.74) is 0.515. The Morgan fingerprint density at radius 3 is 2.05 bits per heavy atom. The highest BCUT2D eigenvalue weighted by Crippen LogP contribution is 2.22. The van der Waals surface area contributed by atoms with E-state index in [9.17, 15) is 14.4 Å². The maximum Gasteiger partial charge on any atom is 0.347 e. The second-order valence-electron chi connectivity index (χ2n) is 4.37. The molecule has 0 spiro atoms. The first-order valence-corrected chi connectivity index (χ1v) is 6.49. The van der Waals surface area contributed by atoms with Crippen molar-refractivity contribution in [2.75, 3.05) is 19.6 Å². The lowest BCUT2D eigenvalue weighted by molar-refractivity contribution is -0.169. The predicted molar refractivity (Wildman–Crippen MR) is 70.8 cm³/mol. The highest BCUT2D eigenvalue weighted by Gasteiger charge is 2.38. The number of benzene rings is 1. The number of hydrogen-bond acceptors (Lipinski definition) is 5. The first-order chi connectivity index (χ1) is 9.58. The number of likely N-dealkylation sites (N-methyl/N-ethyl adjacent to an activating group) is 1. The fraction of sp³-hybridized carbons (Fsp3) is 0.357. The fourth-order valence-corrected chi connectivity index (χ4v) is 2.01. The number of nitrogens with zero attached hydrogens (tertiary/aromatic N) is 2. The lowest BCUT2D eigenvalue weighted by Gasteiger charge is -2.18. The van der Waals surface area contributed by atoms with Crippen molar-refractivity contribution < 1.29 is 19.2 Å². The van der Waals surface area contributed by atoms with Crippen LogP contribution in [0.1, 0.15) is 34.6 Å². The molecule has 2 rings (SSSR count). The second-order valence-corrected chi connectivity index (χ2v) is 4.37. The van der Waals surface area contributed by atoms with E-state index in [4.69, 9.17) is 4.84 Å². The zero-order valence-corrected chi connectivity index (χ0v) is 11.5. The molecule has 0 saturated heterocycles. The highest BCUT2D eigenvalue weighted by atomic mass is 16.7. The van der Waals surface area contributed by atoms with Crippen LogP contribution in [0.5, 0.6) is 0 Å². The van der Waals surface area contributed by atoms with Gasteiger partial charge in [-0.15, -0.1) is 0 Å². The first-order valence-electron chi connectivity index (χ1n) is 6.49. The van der Waals surface area contributed by atoms with E-state index in [0.717, 1.165) is 0 Å². The third-order valence-electron chi connectivity index (χ3n) is 3.20. The molecule has 1 aromatic carbocycles. The maximum absolute atomic E-state index is 12.0. The molecule has 6 heteroatoms. The summed E-state index contributed by atoms with van der Waals surface area (Å²) in [5, 5.41) is 0.538. The van der Waals surface area contributed by atoms with Gasteiger partial charge >= 0.3 is 5.97 Å². The van der Waals surface area contributed by atoms with Crippen molar-refractivity contribution >= 4 is 17.8 Å². The van der Waals surface area contributed by atoms with Gasteiger partial charge in [-0.1, -0.05) is 31.0 Å². The number of hydrogen-bond donors (Lipinski definition) is 0. The Hall–Kier alpha value is -2.21. The standard InChI is InChI=1S/C14H16N2O4/c1-3-15(4-2)9-12(17)20-16-13(18)10-7-5-6-8-11(10)14(16)19/h5-8H,3-4,9H2,1-2H3. The van der Waals surface area contributed by atoms with Gasteiger partial charge in [0.1, 0.15) is 0 Å². The molecule has 1 aliphatic heterocycles. The molecule has 2 amide bonds. The number of amides is 2. The minimum Gasteiger partial charge on any atom is -0.328 e. The van der Waals surface area contributed by atoms with Crippen molar-refractivity contribution in [1.82, 2.24) is 9.96 Å². The van der Waals surface area contributed by atoms with Crippen molar-refractivity contribution in [2.24, 2.45) is 0 Å². The third-order valence-corrected chi connectivity index (χ3v) is 3.20. The van der Waals surface area contributed by atoms with E-state index in [1.165, 1.54) is 12.1 Å². The Labute approximate surface area is 116 Å². The highest BCUT2D eigenvalue weighted by molar-refractivity contribution is 6.20. The Morgan fingerprint density at radius 1 is 1.10 bits per heavy atom. The van der Waals surface area contributed by atoms with Crippen LogP contribution in [0.4, 0.5) is 0 Å². The monoisotopic (exact) mass is 276 g/mol. The number of fused-ring (bicyclic) bond motifs is 1. The van der Waals surface area contributed by atoms with Crippen molar-refractivity contribution in [3.8, 4) is 0 Å². The smallest absolute Gasteiger partial charge is 0.328 e. The molecule has 0 fully saturated rings. The first kappa shape index (κ1) is 14.2. The number of carbonyl (C=O) groups is 3. The number of imide groups is 1. The third kappa shape index (κ3) is 2.55. The lowest BCUT2D eigenvalue weighted by atomic mass is 10.1. The molecular formula is C14H16N2O4. The average molecular weight is 276 g/mol. The summed E-state index contributed by atoms with van der Waals surface area (Å²) in [6, 6.07) is 6.39. The van der Waals surface area contributed by atoms with Gasteiger partial charge in [0.15, 0.2) is 0 Å². The minimum atomic E-state index is -0.622. The Bertz CT molecular complexity index is 517.